The number of methoxy groups -OCH3 is 1. The zero-order chi connectivity index (χ0) is 13.8. The van der Waals surface area contributed by atoms with E-state index in [0.717, 1.165) is 29.5 Å². The smallest absolute Gasteiger partial charge is 0.150 e. The van der Waals surface area contributed by atoms with Crippen molar-refractivity contribution in [3.8, 4) is 0 Å². The van der Waals surface area contributed by atoms with Crippen molar-refractivity contribution in [2.24, 2.45) is 5.10 Å². The van der Waals surface area contributed by atoms with E-state index in [1.807, 2.05) is 40.7 Å². The lowest BCUT2D eigenvalue weighted by molar-refractivity contribution is 0.0291. The highest BCUT2D eigenvalue weighted by Gasteiger charge is 2.17. The zero-order valence-electron chi connectivity index (χ0n) is 12.0. The highest BCUT2D eigenvalue weighted by Crippen LogP contribution is 2.14. The second-order valence-corrected chi connectivity index (χ2v) is 5.04. The van der Waals surface area contributed by atoms with Gasteiger partial charge in [0.05, 0.1) is 5.60 Å². The third kappa shape index (κ3) is 4.79. The van der Waals surface area contributed by atoms with Crippen LogP contribution in [0.15, 0.2) is 11.2 Å². The van der Waals surface area contributed by atoms with Crippen LogP contribution in [0.2, 0.25) is 0 Å². The van der Waals surface area contributed by atoms with Crippen LogP contribution in [0.1, 0.15) is 38.7 Å². The molecule has 0 saturated heterocycles. The van der Waals surface area contributed by atoms with E-state index in [0.29, 0.717) is 0 Å². The van der Waals surface area contributed by atoms with Gasteiger partial charge in [0.1, 0.15) is 11.6 Å². The molecule has 1 aromatic heterocycles. The molecule has 1 rings (SSSR count). The molecular weight excluding hydrogens is 228 g/mol. The fourth-order valence-corrected chi connectivity index (χ4v) is 1.65. The number of aryl methyl sites for hydroxylation is 2. The maximum absolute atomic E-state index is 5.36. The van der Waals surface area contributed by atoms with Crippen molar-refractivity contribution in [1.29, 1.82) is 0 Å². The molecule has 18 heavy (non-hydrogen) atoms. The third-order valence-electron chi connectivity index (χ3n) is 2.56. The number of nitrogens with one attached hydrogen (secondary N) is 1. The Labute approximate surface area is 109 Å². The summed E-state index contributed by atoms with van der Waals surface area (Å²) in [6.45, 7) is 9.83. The summed E-state index contributed by atoms with van der Waals surface area (Å²) in [5.41, 5.74) is 4.65. The molecule has 0 amide bonds. The Balaban J connectivity index is 2.68. The highest BCUT2D eigenvalue weighted by molar-refractivity contribution is 5.83. The number of nitrogens with zero attached hydrogens (tertiary/aromatic N) is 3. The number of anilines is 1. The number of hydrogen-bond donors (Lipinski definition) is 1. The molecule has 100 valence electrons. The quantitative estimate of drug-likeness (QED) is 0.644. The molecule has 0 spiro atoms. The van der Waals surface area contributed by atoms with Gasteiger partial charge in [0, 0.05) is 31.0 Å². The summed E-state index contributed by atoms with van der Waals surface area (Å²) in [6, 6.07) is 1.87. The van der Waals surface area contributed by atoms with Gasteiger partial charge in [-0.3, -0.25) is 5.43 Å². The van der Waals surface area contributed by atoms with Gasteiger partial charge in [-0.1, -0.05) is 0 Å². The van der Waals surface area contributed by atoms with E-state index in [1.54, 1.807) is 7.11 Å². The summed E-state index contributed by atoms with van der Waals surface area (Å²) in [6.07, 6.45) is 0.763. The van der Waals surface area contributed by atoms with Crippen LogP contribution in [-0.2, 0) is 4.74 Å². The van der Waals surface area contributed by atoms with Crippen LogP contribution in [-0.4, -0.2) is 28.4 Å². The van der Waals surface area contributed by atoms with Gasteiger partial charge < -0.3 is 4.74 Å². The summed E-state index contributed by atoms with van der Waals surface area (Å²) in [5.74, 6) is 1.46. The van der Waals surface area contributed by atoms with Crippen LogP contribution in [0.5, 0.6) is 0 Å². The lowest BCUT2D eigenvalue weighted by Gasteiger charge is -2.22. The van der Waals surface area contributed by atoms with Crippen molar-refractivity contribution in [3.05, 3.63) is 17.6 Å². The second kappa shape index (κ2) is 5.91. The molecule has 0 saturated carbocycles. The molecular formula is C13H22N4O. The Morgan fingerprint density at radius 2 is 2.06 bits per heavy atom. The summed E-state index contributed by atoms with van der Waals surface area (Å²) < 4.78 is 5.36. The van der Waals surface area contributed by atoms with Gasteiger partial charge in [0.15, 0.2) is 0 Å². The van der Waals surface area contributed by atoms with Gasteiger partial charge in [0.25, 0.3) is 0 Å². The number of hydrogen-bond acceptors (Lipinski definition) is 5. The molecule has 1 N–H and O–H groups in total. The van der Waals surface area contributed by atoms with Crippen molar-refractivity contribution < 1.29 is 4.74 Å². The van der Waals surface area contributed by atoms with E-state index >= 15 is 0 Å². The molecule has 1 heterocycles. The first-order valence-electron chi connectivity index (χ1n) is 5.99. The third-order valence-corrected chi connectivity index (χ3v) is 2.56. The van der Waals surface area contributed by atoms with Gasteiger partial charge in [-0.25, -0.2) is 9.97 Å². The van der Waals surface area contributed by atoms with Crippen LogP contribution >= 0.6 is 0 Å². The van der Waals surface area contributed by atoms with Gasteiger partial charge in [0.2, 0.25) is 0 Å². The first kappa shape index (κ1) is 14.6. The molecule has 1 aromatic rings. The maximum atomic E-state index is 5.36. The van der Waals surface area contributed by atoms with Crippen molar-refractivity contribution in [3.63, 3.8) is 0 Å². The zero-order valence-corrected chi connectivity index (χ0v) is 12.0. The first-order valence-corrected chi connectivity index (χ1v) is 5.99. The van der Waals surface area contributed by atoms with Crippen molar-refractivity contribution in [2.75, 3.05) is 12.5 Å². The standard InChI is InChI=1S/C13H22N4O/c1-9-7-12(15-11(3)14-9)17-16-10(2)8-13(4,5)18-6/h7H,8H2,1-6H3,(H,14,15,17)/b16-10+. The normalized spacial score (nSPS) is 12.7. The number of rotatable bonds is 5. The number of hydrazone groups is 1. The highest BCUT2D eigenvalue weighted by atomic mass is 16.5. The van der Waals surface area contributed by atoms with Crippen LogP contribution < -0.4 is 5.43 Å². The minimum absolute atomic E-state index is 0.202. The Morgan fingerprint density at radius 1 is 1.39 bits per heavy atom. The van der Waals surface area contributed by atoms with Crippen molar-refractivity contribution >= 4 is 11.5 Å². The lowest BCUT2D eigenvalue weighted by Crippen LogP contribution is -2.25. The molecule has 0 aliphatic carbocycles. The van der Waals surface area contributed by atoms with E-state index in [9.17, 15) is 0 Å². The van der Waals surface area contributed by atoms with E-state index in [4.69, 9.17) is 4.74 Å². The monoisotopic (exact) mass is 250 g/mol. The van der Waals surface area contributed by atoms with Crippen LogP contribution in [0, 0.1) is 13.8 Å². The van der Waals surface area contributed by atoms with Gasteiger partial charge >= 0.3 is 0 Å². The van der Waals surface area contributed by atoms with Gasteiger partial charge in [-0.15, -0.1) is 0 Å². The molecule has 5 heteroatoms. The molecule has 0 unspecified atom stereocenters. The predicted octanol–water partition coefficient (Wildman–Crippen LogP) is 2.70. The van der Waals surface area contributed by atoms with E-state index in [2.05, 4.69) is 20.5 Å². The first-order chi connectivity index (χ1) is 8.32. The minimum Gasteiger partial charge on any atom is -0.378 e. The second-order valence-electron chi connectivity index (χ2n) is 5.04. The molecule has 0 radical (unpaired) electrons. The number of ether oxygens (including phenoxy) is 1. The molecule has 0 aliphatic rings. The Kier molecular flexibility index (Phi) is 4.78. The van der Waals surface area contributed by atoms with E-state index in [1.165, 1.54) is 0 Å². The molecule has 0 atom stereocenters. The van der Waals surface area contributed by atoms with E-state index in [-0.39, 0.29) is 5.60 Å². The Bertz CT molecular complexity index is 420. The summed E-state index contributed by atoms with van der Waals surface area (Å²) in [5, 5.41) is 4.31. The Hall–Kier alpha value is -1.49. The largest absolute Gasteiger partial charge is 0.378 e. The lowest BCUT2D eigenvalue weighted by atomic mass is 10.0. The average molecular weight is 250 g/mol. The summed E-state index contributed by atoms with van der Waals surface area (Å²) >= 11 is 0. The summed E-state index contributed by atoms with van der Waals surface area (Å²) in [7, 11) is 1.71. The molecule has 0 fully saturated rings. The summed E-state index contributed by atoms with van der Waals surface area (Å²) in [4.78, 5) is 8.48. The van der Waals surface area contributed by atoms with Crippen LogP contribution in [0.3, 0.4) is 0 Å². The van der Waals surface area contributed by atoms with Crippen LogP contribution in [0.4, 0.5) is 5.82 Å². The average Bonchev–Trinajstić information content (AvgIpc) is 2.24. The van der Waals surface area contributed by atoms with Crippen molar-refractivity contribution in [1.82, 2.24) is 9.97 Å². The minimum atomic E-state index is -0.202. The Morgan fingerprint density at radius 3 is 2.61 bits per heavy atom. The number of aromatic nitrogens is 2. The van der Waals surface area contributed by atoms with E-state index < -0.39 is 0 Å². The molecule has 0 aromatic carbocycles. The SMILES string of the molecule is COC(C)(C)C/C(C)=N/Nc1cc(C)nc(C)n1. The van der Waals surface area contributed by atoms with Gasteiger partial charge in [-0.2, -0.15) is 5.10 Å². The molecule has 0 bridgehead atoms. The molecule has 5 nitrogen and oxygen atoms in total. The fourth-order valence-electron chi connectivity index (χ4n) is 1.65. The predicted molar refractivity (Wildman–Crippen MR) is 73.9 cm³/mol. The van der Waals surface area contributed by atoms with Crippen LogP contribution in [0.25, 0.3) is 0 Å². The molecule has 0 aliphatic heterocycles. The fraction of sp³-hybridized carbons (Fsp3) is 0.615. The maximum Gasteiger partial charge on any atom is 0.150 e. The topological polar surface area (TPSA) is 59.4 Å². The van der Waals surface area contributed by atoms with Gasteiger partial charge in [-0.05, 0) is 34.6 Å². The van der Waals surface area contributed by atoms with Crippen molar-refractivity contribution in [2.45, 2.75) is 46.6 Å².